The van der Waals surface area contributed by atoms with Gasteiger partial charge < -0.3 is 43.0 Å². The molecule has 5 rings (SSSR count). The molecule has 1 aliphatic rings. The van der Waals surface area contributed by atoms with Gasteiger partial charge in [-0.25, -0.2) is 0 Å². The maximum absolute atomic E-state index is 2.57. The van der Waals surface area contributed by atoms with Crippen LogP contribution < -0.4 is 39.3 Å². The van der Waals surface area contributed by atoms with Crippen molar-refractivity contribution < 1.29 is 43.0 Å². The predicted molar refractivity (Wildman–Crippen MR) is 160 cm³/mol. The van der Waals surface area contributed by atoms with Crippen molar-refractivity contribution in [2.75, 3.05) is 34.2 Å². The first-order chi connectivity index (χ1) is 17.7. The average Bonchev–Trinajstić information content (AvgIpc) is 3.28. The molecule has 0 aliphatic carbocycles. The van der Waals surface area contributed by atoms with Gasteiger partial charge in [-0.15, -0.1) is 0 Å². The van der Waals surface area contributed by atoms with Crippen LogP contribution in [0.1, 0.15) is 45.6 Å². The Balaban J connectivity index is 0.00000210. The summed E-state index contributed by atoms with van der Waals surface area (Å²) in [7, 11) is 6.84. The molecule has 0 amide bonds. The van der Waals surface area contributed by atoms with Crippen LogP contribution in [0.2, 0.25) is 0 Å². The van der Waals surface area contributed by atoms with E-state index in [4.69, 9.17) is 0 Å². The molecular formula is C34H43Br2N3. The molecule has 0 fully saturated rings. The fourth-order valence-electron chi connectivity index (χ4n) is 6.09. The summed E-state index contributed by atoms with van der Waals surface area (Å²) in [4.78, 5) is 0. The minimum Gasteiger partial charge on any atom is -1.00 e. The van der Waals surface area contributed by atoms with Gasteiger partial charge in [0.2, 0.25) is 5.69 Å². The number of unbranched alkanes of at least 4 members (excludes halogenated alkanes) is 1. The van der Waals surface area contributed by atoms with E-state index in [0.717, 1.165) is 30.5 Å². The van der Waals surface area contributed by atoms with Gasteiger partial charge in [0.1, 0.15) is 0 Å². The van der Waals surface area contributed by atoms with Gasteiger partial charge >= 0.3 is 0 Å². The van der Waals surface area contributed by atoms with Gasteiger partial charge in [0, 0.05) is 45.9 Å². The smallest absolute Gasteiger partial charge is 0.209 e. The number of hydrogen-bond acceptors (Lipinski definition) is 0. The highest BCUT2D eigenvalue weighted by molar-refractivity contribution is 6.10. The van der Waals surface area contributed by atoms with E-state index in [0.29, 0.717) is 0 Å². The van der Waals surface area contributed by atoms with E-state index in [1.165, 1.54) is 56.8 Å². The van der Waals surface area contributed by atoms with E-state index in [1.807, 2.05) is 0 Å². The molecule has 39 heavy (non-hydrogen) atoms. The van der Waals surface area contributed by atoms with Gasteiger partial charge in [-0.1, -0.05) is 68.0 Å². The number of hydrogen-bond donors (Lipinski definition) is 0. The molecule has 5 heteroatoms. The standard InChI is InChI=1S/C34H43N3.2BrH/c1-7-8-23-35-29(27-17-11-15-26-16-12-21-31(35)33(26)27)20-13-22-32-34(2,3)28-18-9-10-19-30(28)36(32)24-14-25-37(4,5)6;;/h9-13,15-22H,7-8,14,23-25H2,1-6H3;2*1H/q+2;;/p-2. The van der Waals surface area contributed by atoms with E-state index < -0.39 is 0 Å². The molecule has 0 N–H and O–H groups in total. The van der Waals surface area contributed by atoms with Crippen LogP contribution in [-0.4, -0.2) is 53.6 Å². The number of para-hydroxylation sites is 1. The molecule has 0 saturated carbocycles. The van der Waals surface area contributed by atoms with Crippen molar-refractivity contribution in [2.45, 2.75) is 52.0 Å². The Bertz CT molecular complexity index is 1550. The van der Waals surface area contributed by atoms with Crippen LogP contribution in [0.25, 0.3) is 27.8 Å². The van der Waals surface area contributed by atoms with Gasteiger partial charge in [0.15, 0.2) is 12.3 Å². The lowest BCUT2D eigenvalue weighted by atomic mass is 9.81. The number of nitrogens with zero attached hydrogens (tertiary/aromatic N) is 3. The summed E-state index contributed by atoms with van der Waals surface area (Å²) in [5.74, 6) is 0. The minimum atomic E-state index is -0.0251. The van der Waals surface area contributed by atoms with Crippen LogP contribution in [0.15, 0.2) is 72.8 Å². The molecular weight excluding hydrogens is 610 g/mol. The summed E-state index contributed by atoms with van der Waals surface area (Å²) >= 11 is 0. The molecule has 3 aromatic carbocycles. The number of aryl methyl sites for hydroxylation is 1. The number of aromatic nitrogens is 1. The van der Waals surface area contributed by atoms with Gasteiger partial charge in [0.05, 0.1) is 39.5 Å². The van der Waals surface area contributed by atoms with Crippen molar-refractivity contribution in [3.63, 3.8) is 0 Å². The lowest BCUT2D eigenvalue weighted by Gasteiger charge is -2.23. The van der Waals surface area contributed by atoms with Crippen molar-refractivity contribution in [1.29, 1.82) is 0 Å². The zero-order chi connectivity index (χ0) is 26.2. The maximum atomic E-state index is 2.57. The van der Waals surface area contributed by atoms with Crippen LogP contribution >= 0.6 is 0 Å². The van der Waals surface area contributed by atoms with Crippen LogP contribution in [0.4, 0.5) is 5.69 Å². The number of allylic oxidation sites excluding steroid dienone is 2. The van der Waals surface area contributed by atoms with Crippen LogP contribution in [-0.2, 0) is 12.0 Å². The van der Waals surface area contributed by atoms with Gasteiger partial charge in [0.25, 0.3) is 0 Å². The second kappa shape index (κ2) is 12.5. The monoisotopic (exact) mass is 651 g/mol. The maximum Gasteiger partial charge on any atom is 0.209 e. The summed E-state index contributed by atoms with van der Waals surface area (Å²) in [5, 5.41) is 5.40. The largest absolute Gasteiger partial charge is 1.00 e. The molecule has 0 saturated heterocycles. The highest BCUT2D eigenvalue weighted by Gasteiger charge is 2.43. The summed E-state index contributed by atoms with van der Waals surface area (Å²) in [6, 6.07) is 22.4. The predicted octanol–water partition coefficient (Wildman–Crippen LogP) is 0.831. The third kappa shape index (κ3) is 6.11. The molecule has 0 bridgehead atoms. The van der Waals surface area contributed by atoms with Crippen molar-refractivity contribution >= 4 is 39.2 Å². The first-order valence-electron chi connectivity index (χ1n) is 14.0. The van der Waals surface area contributed by atoms with Crippen molar-refractivity contribution in [1.82, 2.24) is 4.57 Å². The Morgan fingerprint density at radius 3 is 2.33 bits per heavy atom. The summed E-state index contributed by atoms with van der Waals surface area (Å²) in [6.45, 7) is 10.3. The molecule has 0 unspecified atom stereocenters. The number of quaternary nitrogens is 1. The van der Waals surface area contributed by atoms with E-state index in [2.05, 4.69) is 130 Å². The lowest BCUT2D eigenvalue weighted by Crippen LogP contribution is -3.00. The quantitative estimate of drug-likeness (QED) is 0.187. The molecule has 4 aromatic rings. The van der Waals surface area contributed by atoms with E-state index in [9.17, 15) is 0 Å². The number of fused-ring (bicyclic) bond motifs is 1. The highest BCUT2D eigenvalue weighted by atomic mass is 79.9. The summed E-state index contributed by atoms with van der Waals surface area (Å²) < 4.78 is 6.10. The van der Waals surface area contributed by atoms with Crippen LogP contribution in [0.3, 0.4) is 0 Å². The first kappa shape index (κ1) is 31.3. The topological polar surface area (TPSA) is 7.94 Å². The lowest BCUT2D eigenvalue weighted by molar-refractivity contribution is -0.871. The Morgan fingerprint density at radius 2 is 1.62 bits per heavy atom. The first-order valence-corrected chi connectivity index (χ1v) is 14.0. The Labute approximate surface area is 255 Å². The zero-order valence-electron chi connectivity index (χ0n) is 24.3. The molecule has 0 atom stereocenters. The molecule has 0 spiro atoms. The van der Waals surface area contributed by atoms with Gasteiger partial charge in [-0.05, 0) is 37.8 Å². The number of benzene rings is 3. The molecule has 208 valence electrons. The second-order valence-electron chi connectivity index (χ2n) is 12.1. The Hall–Kier alpha value is -2.21. The SMILES string of the molecule is CCCCn1/c(=C/C=C/C2=[N+](CCC[N+](C)(C)C)c3ccccc3C2(C)C)c2cccc3cccc1c32.[Br-].[Br-]. The van der Waals surface area contributed by atoms with E-state index in [-0.39, 0.29) is 39.4 Å². The number of halogens is 2. The molecule has 3 nitrogen and oxygen atoms in total. The van der Waals surface area contributed by atoms with Crippen molar-refractivity contribution in [2.24, 2.45) is 0 Å². The third-order valence-electron chi connectivity index (χ3n) is 7.99. The van der Waals surface area contributed by atoms with E-state index >= 15 is 0 Å². The summed E-state index contributed by atoms with van der Waals surface area (Å²) in [5.41, 5.74) is 5.51. The van der Waals surface area contributed by atoms with Gasteiger partial charge in [-0.2, -0.15) is 4.58 Å². The Kier molecular flexibility index (Phi) is 10.1. The fraction of sp³-hybridized carbons (Fsp3) is 0.382. The van der Waals surface area contributed by atoms with E-state index in [1.54, 1.807) is 0 Å². The van der Waals surface area contributed by atoms with Crippen molar-refractivity contribution in [3.05, 3.63) is 83.7 Å². The molecule has 1 aromatic heterocycles. The minimum absolute atomic E-state index is 0. The zero-order valence-corrected chi connectivity index (χ0v) is 27.5. The third-order valence-corrected chi connectivity index (χ3v) is 7.99. The number of rotatable bonds is 9. The molecule has 2 heterocycles. The second-order valence-corrected chi connectivity index (χ2v) is 12.1. The van der Waals surface area contributed by atoms with Crippen molar-refractivity contribution in [3.8, 4) is 0 Å². The van der Waals surface area contributed by atoms with Gasteiger partial charge in [-0.3, -0.25) is 0 Å². The highest BCUT2D eigenvalue weighted by Crippen LogP contribution is 2.39. The van der Waals surface area contributed by atoms with Crippen LogP contribution in [0.5, 0.6) is 0 Å². The van der Waals surface area contributed by atoms with Crippen LogP contribution in [0, 0.1) is 0 Å². The molecule has 0 radical (unpaired) electrons. The fourth-order valence-corrected chi connectivity index (χ4v) is 6.09. The molecule has 1 aliphatic heterocycles. The normalized spacial score (nSPS) is 15.3. The Morgan fingerprint density at radius 1 is 0.897 bits per heavy atom. The average molecular weight is 654 g/mol. The summed E-state index contributed by atoms with van der Waals surface area (Å²) in [6.07, 6.45) is 10.6.